The second kappa shape index (κ2) is 9.31. The Bertz CT molecular complexity index is 1960. The first-order valence-electron chi connectivity index (χ1n) is 14.2. The summed E-state index contributed by atoms with van der Waals surface area (Å²) in [5, 5.41) is 9.36. The average Bonchev–Trinajstić information content (AvgIpc) is 3.23. The zero-order valence-corrected chi connectivity index (χ0v) is 23.6. The standard InChI is InChI=1S/C24H15ClFN5O2.C7H12FN/c1-33-23-29-21-17(22(32)30-23)11-4-7-27-20(18(11)24(21)5-6-24)16-12-9-28-31-14(12)8-10-2-3-13(26)19(25)15(10)16;8-6-4-7-2-1-3-9(7)5-6/h2-4,7-9H,5-6H2,1H3,(H,28,31)(H,29,30,32);6-7H,1-5H2. The second-order valence-electron chi connectivity index (χ2n) is 11.6. The Morgan fingerprint density at radius 1 is 1.21 bits per heavy atom. The van der Waals surface area contributed by atoms with Crippen LogP contribution in [0, 0.1) is 5.82 Å². The number of aromatic nitrogens is 5. The molecule has 11 heteroatoms. The third-order valence-corrected chi connectivity index (χ3v) is 9.67. The number of alkyl halides is 1. The van der Waals surface area contributed by atoms with E-state index < -0.39 is 17.4 Å². The number of pyridine rings is 1. The van der Waals surface area contributed by atoms with Crippen LogP contribution in [0.5, 0.6) is 6.01 Å². The molecular formula is C31H27ClF2N6O2. The number of H-pyrrole nitrogens is 2. The van der Waals surface area contributed by atoms with Crippen molar-refractivity contribution in [2.45, 2.75) is 49.7 Å². The van der Waals surface area contributed by atoms with Crippen LogP contribution in [0.15, 0.2) is 41.5 Å². The minimum atomic E-state index is -0.518. The number of hydrogen-bond acceptors (Lipinski definition) is 6. The van der Waals surface area contributed by atoms with Gasteiger partial charge in [-0.15, -0.1) is 0 Å². The molecular weight excluding hydrogens is 562 g/mol. The first-order chi connectivity index (χ1) is 20.4. The monoisotopic (exact) mass is 588 g/mol. The molecule has 3 fully saturated rings. The number of methoxy groups -OCH3 is 1. The summed E-state index contributed by atoms with van der Waals surface area (Å²) in [7, 11) is 1.47. The van der Waals surface area contributed by atoms with Gasteiger partial charge in [0.15, 0.2) is 0 Å². The summed E-state index contributed by atoms with van der Waals surface area (Å²) in [4.78, 5) is 27.4. The molecule has 0 amide bonds. The Kier molecular flexibility index (Phi) is 5.71. The predicted molar refractivity (Wildman–Crippen MR) is 156 cm³/mol. The van der Waals surface area contributed by atoms with Gasteiger partial charge in [-0.25, -0.2) is 13.8 Å². The van der Waals surface area contributed by atoms with Gasteiger partial charge in [0.1, 0.15) is 12.0 Å². The van der Waals surface area contributed by atoms with Crippen LogP contribution in [0.4, 0.5) is 8.78 Å². The number of benzene rings is 2. The molecule has 5 heterocycles. The molecule has 42 heavy (non-hydrogen) atoms. The van der Waals surface area contributed by atoms with E-state index >= 15 is 0 Å². The van der Waals surface area contributed by atoms with E-state index in [0.717, 1.165) is 53.2 Å². The highest BCUT2D eigenvalue weighted by Gasteiger charge is 2.56. The van der Waals surface area contributed by atoms with E-state index in [1.54, 1.807) is 18.5 Å². The van der Waals surface area contributed by atoms with Crippen molar-refractivity contribution < 1.29 is 13.5 Å². The van der Waals surface area contributed by atoms with Gasteiger partial charge in [0, 0.05) is 40.5 Å². The van der Waals surface area contributed by atoms with Crippen LogP contribution in [-0.2, 0) is 5.41 Å². The van der Waals surface area contributed by atoms with Crippen molar-refractivity contribution in [3.05, 3.63) is 69.1 Å². The molecule has 9 rings (SSSR count). The third-order valence-electron chi connectivity index (χ3n) is 9.30. The molecule has 0 bridgehead atoms. The Labute approximate surface area is 244 Å². The Balaban J connectivity index is 0.000000252. The molecule has 3 aromatic heterocycles. The van der Waals surface area contributed by atoms with E-state index in [-0.39, 0.29) is 16.6 Å². The largest absolute Gasteiger partial charge is 0.468 e. The van der Waals surface area contributed by atoms with Crippen molar-refractivity contribution in [2.24, 2.45) is 0 Å². The predicted octanol–water partition coefficient (Wildman–Crippen LogP) is 5.92. The van der Waals surface area contributed by atoms with Gasteiger partial charge in [-0.1, -0.05) is 17.7 Å². The van der Waals surface area contributed by atoms with Crippen molar-refractivity contribution in [2.75, 3.05) is 20.2 Å². The van der Waals surface area contributed by atoms with E-state index in [0.29, 0.717) is 40.5 Å². The quantitative estimate of drug-likeness (QED) is 0.266. The molecule has 2 aromatic carbocycles. The van der Waals surface area contributed by atoms with E-state index in [1.807, 2.05) is 12.1 Å². The van der Waals surface area contributed by atoms with Gasteiger partial charge in [-0.05, 0) is 73.4 Å². The number of nitrogens with one attached hydrogen (secondary N) is 2. The Morgan fingerprint density at radius 3 is 2.86 bits per heavy atom. The van der Waals surface area contributed by atoms with Crippen LogP contribution < -0.4 is 10.3 Å². The fourth-order valence-electron chi connectivity index (χ4n) is 7.33. The van der Waals surface area contributed by atoms with Gasteiger partial charge in [0.2, 0.25) is 0 Å². The van der Waals surface area contributed by atoms with Crippen LogP contribution >= 0.6 is 11.6 Å². The number of halogens is 3. The number of hydrogen-bond donors (Lipinski definition) is 2. The molecule has 2 unspecified atom stereocenters. The number of nitrogens with zero attached hydrogens (tertiary/aromatic N) is 4. The van der Waals surface area contributed by atoms with E-state index in [9.17, 15) is 13.6 Å². The van der Waals surface area contributed by atoms with Crippen LogP contribution in [0.25, 0.3) is 44.1 Å². The molecule has 214 valence electrons. The SMILES string of the molecule is COc1nc2c(c(=O)[nH]1)-c1ccnc(-c3c4cn[nH]c4cc4ccc(F)c(Cl)c34)c1C21CC1.FC1CC2CCCN2C1. The average molecular weight is 589 g/mol. The smallest absolute Gasteiger partial charge is 0.296 e. The lowest BCUT2D eigenvalue weighted by Gasteiger charge is -2.17. The summed E-state index contributed by atoms with van der Waals surface area (Å²) in [6.45, 7) is 1.86. The van der Waals surface area contributed by atoms with Gasteiger partial charge < -0.3 is 4.74 Å². The molecule has 5 aromatic rings. The van der Waals surface area contributed by atoms with Crippen LogP contribution in [0.2, 0.25) is 5.02 Å². The summed E-state index contributed by atoms with van der Waals surface area (Å²) < 4.78 is 32.5. The van der Waals surface area contributed by atoms with Crippen molar-refractivity contribution in [3.8, 4) is 28.4 Å². The molecule has 2 aliphatic carbocycles. The summed E-state index contributed by atoms with van der Waals surface area (Å²) in [5.74, 6) is -0.506. The Morgan fingerprint density at radius 2 is 2.07 bits per heavy atom. The maximum absolute atomic E-state index is 14.6. The van der Waals surface area contributed by atoms with E-state index in [1.165, 1.54) is 26.0 Å². The van der Waals surface area contributed by atoms with Crippen LogP contribution in [0.3, 0.4) is 0 Å². The first kappa shape index (κ1) is 25.8. The number of aromatic amines is 2. The van der Waals surface area contributed by atoms with Gasteiger partial charge in [-0.2, -0.15) is 5.10 Å². The number of fused-ring (bicyclic) bond motifs is 8. The van der Waals surface area contributed by atoms with Gasteiger partial charge in [0.05, 0.1) is 40.8 Å². The maximum Gasteiger partial charge on any atom is 0.296 e. The molecule has 2 N–H and O–H groups in total. The molecule has 1 spiro atoms. The third kappa shape index (κ3) is 3.67. The molecule has 1 saturated carbocycles. The maximum atomic E-state index is 14.6. The van der Waals surface area contributed by atoms with Gasteiger partial charge >= 0.3 is 0 Å². The van der Waals surface area contributed by atoms with Crippen LogP contribution in [-0.4, -0.2) is 62.5 Å². The van der Waals surface area contributed by atoms with E-state index in [4.69, 9.17) is 21.3 Å². The molecule has 0 radical (unpaired) electrons. The summed E-state index contributed by atoms with van der Waals surface area (Å²) in [6.07, 6.45) is 7.83. The van der Waals surface area contributed by atoms with E-state index in [2.05, 4.69) is 25.1 Å². The minimum Gasteiger partial charge on any atom is -0.468 e. The normalized spacial score (nSPS) is 21.3. The fraction of sp³-hybridized carbons (Fsp3) is 0.355. The number of rotatable bonds is 2. The summed E-state index contributed by atoms with van der Waals surface area (Å²) in [6, 6.07) is 7.58. The zero-order valence-electron chi connectivity index (χ0n) is 22.8. The summed E-state index contributed by atoms with van der Waals surface area (Å²) in [5.41, 5.74) is 4.39. The molecule has 4 aliphatic rings. The highest BCUT2D eigenvalue weighted by molar-refractivity contribution is 6.38. The first-order valence-corrected chi connectivity index (χ1v) is 14.6. The minimum absolute atomic E-state index is 0.0306. The molecule has 2 saturated heterocycles. The van der Waals surface area contributed by atoms with Crippen molar-refractivity contribution in [3.63, 3.8) is 0 Å². The Hall–Kier alpha value is -3.89. The van der Waals surface area contributed by atoms with Crippen molar-refractivity contribution >= 4 is 33.3 Å². The summed E-state index contributed by atoms with van der Waals surface area (Å²) >= 11 is 6.52. The lowest BCUT2D eigenvalue weighted by atomic mass is 9.88. The van der Waals surface area contributed by atoms with Crippen LogP contribution in [0.1, 0.15) is 43.4 Å². The topological polar surface area (TPSA) is 99.8 Å². The molecule has 2 aliphatic heterocycles. The second-order valence-corrected chi connectivity index (χ2v) is 12.0. The lowest BCUT2D eigenvalue weighted by molar-refractivity contribution is 0.292. The number of ether oxygens (including phenoxy) is 1. The van der Waals surface area contributed by atoms with Gasteiger partial charge in [0.25, 0.3) is 11.6 Å². The zero-order chi connectivity index (χ0) is 28.7. The molecule has 8 nitrogen and oxygen atoms in total. The highest BCUT2D eigenvalue weighted by Crippen LogP contribution is 2.63. The lowest BCUT2D eigenvalue weighted by Crippen LogP contribution is -2.22. The van der Waals surface area contributed by atoms with Crippen molar-refractivity contribution in [1.82, 2.24) is 30.0 Å². The highest BCUT2D eigenvalue weighted by atomic mass is 35.5. The van der Waals surface area contributed by atoms with Gasteiger partial charge in [-0.3, -0.25) is 24.8 Å². The van der Waals surface area contributed by atoms with Crippen molar-refractivity contribution in [1.29, 1.82) is 0 Å². The molecule has 2 atom stereocenters. The fourth-order valence-corrected chi connectivity index (χ4v) is 7.59.